The Balaban J connectivity index is 0.000000142. The number of methoxy groups -OCH3 is 6. The third-order valence-electron chi connectivity index (χ3n) is 23.8. The molecule has 3 N–H and O–H groups in total. The smallest absolute Gasteiger partial charge is 0.128 e. The lowest BCUT2D eigenvalue weighted by Gasteiger charge is -2.30. The minimum atomic E-state index is -0.659. The highest BCUT2D eigenvalue weighted by atomic mass is 19.1. The van der Waals surface area contributed by atoms with E-state index in [0.717, 1.165) is 213 Å². The SMILES string of the molecule is COc1cc(OC)cc(N(CCCN2CCOCC2)c2ccc3ncc(-c4cnn(C)c4)nc3c2)c1.COc1cc(OC)cc(N(CCNC(C)C)c2ccc3ncc(-c4cnn(C(C)C)c4)nc3c2)c1.COc1cc(OC)cc(N(C[C@@H](O)CN2CC[C@H](C#N)C2)c2ccc3ncc(-c4cnn(C)c4)nc3c2)c1.Cn1cc(-c2cnc3ccc(N(CCO)c4cc(F)cc(OC(C)(C)C)c4)cc3n2)cn1. The number of nitrogens with zero attached hydrogens (tertiary/aromatic N) is 23. The molecule has 2 fully saturated rings. The van der Waals surface area contributed by atoms with Gasteiger partial charge in [-0.2, -0.15) is 25.7 Å². The predicted molar refractivity (Wildman–Crippen MR) is 548 cm³/mol. The van der Waals surface area contributed by atoms with Crippen LogP contribution in [0.15, 0.2) is 220 Å². The molecule has 141 heavy (non-hydrogen) atoms. The number of fused-ring (bicyclic) bond motifs is 4. The summed E-state index contributed by atoms with van der Waals surface area (Å²) in [6.07, 6.45) is 23.1. The van der Waals surface area contributed by atoms with Gasteiger partial charge in [-0.25, -0.2) is 24.3 Å². The van der Waals surface area contributed by atoms with Gasteiger partial charge < -0.3 is 73.0 Å². The zero-order valence-electron chi connectivity index (χ0n) is 82.7. The van der Waals surface area contributed by atoms with E-state index in [2.05, 4.69) is 123 Å². The number of hydrogen-bond acceptors (Lipinski definition) is 30. The summed E-state index contributed by atoms with van der Waals surface area (Å²) in [5.41, 5.74) is 19.6. The second-order valence-corrected chi connectivity index (χ2v) is 36.0. The van der Waals surface area contributed by atoms with Crippen LogP contribution in [0.3, 0.4) is 0 Å². The van der Waals surface area contributed by atoms with Crippen molar-refractivity contribution < 1.29 is 52.5 Å². The van der Waals surface area contributed by atoms with Crippen molar-refractivity contribution in [2.24, 2.45) is 27.1 Å². The van der Waals surface area contributed by atoms with Gasteiger partial charge in [0.1, 0.15) is 51.7 Å². The van der Waals surface area contributed by atoms with Crippen LogP contribution in [-0.4, -0.2) is 251 Å². The summed E-state index contributed by atoms with van der Waals surface area (Å²) in [6, 6.07) is 49.0. The molecule has 34 nitrogen and oxygen atoms in total. The highest BCUT2D eigenvalue weighted by molar-refractivity contribution is 5.87. The number of morpholine rings is 1. The van der Waals surface area contributed by atoms with Crippen molar-refractivity contribution in [3.8, 4) is 91.3 Å². The summed E-state index contributed by atoms with van der Waals surface area (Å²) in [5.74, 6) is 4.32. The fourth-order valence-corrected chi connectivity index (χ4v) is 16.7. The molecule has 0 unspecified atom stereocenters. The number of aryl methyl sites for hydroxylation is 3. The zero-order chi connectivity index (χ0) is 99.4. The first-order valence-electron chi connectivity index (χ1n) is 47.0. The van der Waals surface area contributed by atoms with Gasteiger partial charge in [0.05, 0.1) is 204 Å². The first kappa shape index (κ1) is 100. The number of aliphatic hydroxyl groups excluding tert-OH is 2. The maximum Gasteiger partial charge on any atom is 0.128 e. The van der Waals surface area contributed by atoms with Crippen LogP contribution < -0.4 is 58.1 Å². The molecule has 734 valence electrons. The third kappa shape index (κ3) is 26.3. The van der Waals surface area contributed by atoms with Gasteiger partial charge in [0.25, 0.3) is 0 Å². The van der Waals surface area contributed by atoms with E-state index >= 15 is 0 Å². The summed E-state index contributed by atoms with van der Waals surface area (Å²) >= 11 is 0. The molecule has 16 aromatic rings. The van der Waals surface area contributed by atoms with Crippen LogP contribution in [0, 0.1) is 23.1 Å². The minimum Gasteiger partial charge on any atom is -0.497 e. The number of rotatable bonds is 34. The van der Waals surface area contributed by atoms with Crippen LogP contribution >= 0.6 is 0 Å². The number of ether oxygens (including phenoxy) is 8. The van der Waals surface area contributed by atoms with Crippen molar-refractivity contribution in [3.05, 3.63) is 226 Å². The number of aromatic nitrogens is 16. The van der Waals surface area contributed by atoms with E-state index in [1.807, 2.05) is 191 Å². The number of aliphatic hydroxyl groups is 2. The van der Waals surface area contributed by atoms with Crippen molar-refractivity contribution in [1.82, 2.24) is 94.1 Å². The van der Waals surface area contributed by atoms with Gasteiger partial charge in [-0.1, -0.05) is 13.8 Å². The maximum atomic E-state index is 14.4. The van der Waals surface area contributed by atoms with Gasteiger partial charge in [0.15, 0.2) is 0 Å². The number of β-amino-alcohol motifs (C(OH)–C–C–N with tert-alkyl or cyclic N) is 1. The maximum absolute atomic E-state index is 14.4. The molecular formula is C106H123FN24O10. The molecule has 0 amide bonds. The Morgan fingerprint density at radius 1 is 0.454 bits per heavy atom. The van der Waals surface area contributed by atoms with Crippen molar-refractivity contribution in [3.63, 3.8) is 0 Å². The average molecular weight is 1910 g/mol. The van der Waals surface area contributed by atoms with Gasteiger partial charge in [0, 0.05) is 251 Å². The summed E-state index contributed by atoms with van der Waals surface area (Å²) in [7, 11) is 15.5. The van der Waals surface area contributed by atoms with E-state index in [0.29, 0.717) is 59.8 Å². The Morgan fingerprint density at radius 2 is 0.837 bits per heavy atom. The number of benzene rings is 8. The van der Waals surface area contributed by atoms with Crippen LogP contribution in [0.25, 0.3) is 89.2 Å². The van der Waals surface area contributed by atoms with E-state index in [1.165, 1.54) is 12.1 Å². The number of nitrogens with one attached hydrogen (secondary N) is 1. The monoisotopic (exact) mass is 1910 g/mol. The summed E-state index contributed by atoms with van der Waals surface area (Å²) in [5, 5.41) is 50.8. The largest absolute Gasteiger partial charge is 0.497 e. The van der Waals surface area contributed by atoms with Crippen molar-refractivity contribution in [2.45, 2.75) is 85.1 Å². The lowest BCUT2D eigenvalue weighted by molar-refractivity contribution is 0.0377. The standard InChI is InChI=1S/C28H31N7O3.C27H32N6O3.C27H34N6O2.C24H26FN5O2/c1-33-16-20(13-31-33)28-14-30-26-5-4-21(10-27(26)32-28)35(22-8-24(37-2)11-25(9-22)38-3)18-23(36)17-34-7-6-19(12-29)15-34;1-31-19-20(17-29-31)27-18-28-25-6-5-21(15-26(25)30-27)33(8-4-7-32-9-11-36-12-10-32)22-13-23(34-2)16-24(14-22)35-3;1-18(2)28-9-10-32(22-11-23(34-5)14-24(12-22)35-6)21-7-8-25-26(13-21)31-27(16-29-25)20-15-30-33(17-20)19(3)4;1-24(2,3)32-20-10-17(25)9-19(11-20)30(7-8-31)18-5-6-21-22(12-18)28-23(14-26-21)16-13-27-29(4)15-16/h4-5,8-11,13-14,16,19,23,36H,6-7,15,17-18H2,1-3H3;5-6,13-19H,4,7-12H2,1-3H3;7-8,11-19,28H,9-10H2,1-6H3;5-6,9-15,31H,7-8H2,1-4H3/t19-,23+;;;/m1.../s1. The van der Waals surface area contributed by atoms with E-state index in [-0.39, 0.29) is 25.1 Å². The molecule has 35 heteroatoms. The quantitative estimate of drug-likeness (QED) is 0.0337. The Kier molecular flexibility index (Phi) is 33.2. The fraction of sp³-hybridized carbons (Fsp3) is 0.349. The van der Waals surface area contributed by atoms with Gasteiger partial charge in [-0.3, -0.25) is 48.5 Å². The summed E-state index contributed by atoms with van der Waals surface area (Å²) in [4.78, 5) is 50.8. The van der Waals surface area contributed by atoms with Crippen LogP contribution in [0.2, 0.25) is 0 Å². The molecule has 0 bridgehead atoms. The van der Waals surface area contributed by atoms with Crippen LogP contribution in [-0.2, 0) is 25.9 Å². The first-order chi connectivity index (χ1) is 68.2. The Hall–Kier alpha value is -15.1. The average Bonchev–Trinajstić information content (AvgIpc) is 1.68. The summed E-state index contributed by atoms with van der Waals surface area (Å²) in [6.45, 7) is 23.7. The molecule has 18 rings (SSSR count). The van der Waals surface area contributed by atoms with Gasteiger partial charge in [0.2, 0.25) is 0 Å². The fourth-order valence-electron chi connectivity index (χ4n) is 16.7. The predicted octanol–water partition coefficient (Wildman–Crippen LogP) is 17.0. The number of likely N-dealkylation sites (tertiary alicyclic amines) is 1. The van der Waals surface area contributed by atoms with Crippen molar-refractivity contribution >= 4 is 89.6 Å². The lowest BCUT2D eigenvalue weighted by Crippen LogP contribution is -2.38. The number of hydrogen-bond donors (Lipinski definition) is 3. The molecule has 0 saturated carbocycles. The van der Waals surface area contributed by atoms with Gasteiger partial charge in [-0.15, -0.1) is 0 Å². The zero-order valence-corrected chi connectivity index (χ0v) is 82.7. The lowest BCUT2D eigenvalue weighted by atomic mass is 10.1. The van der Waals surface area contributed by atoms with Crippen molar-refractivity contribution in [1.29, 1.82) is 5.26 Å². The highest BCUT2D eigenvalue weighted by Gasteiger charge is 2.28. The molecule has 2 aliphatic heterocycles. The van der Waals surface area contributed by atoms with Crippen LogP contribution in [0.1, 0.15) is 67.3 Å². The van der Waals surface area contributed by atoms with E-state index in [4.69, 9.17) is 57.8 Å². The highest BCUT2D eigenvalue weighted by Crippen LogP contribution is 2.41. The van der Waals surface area contributed by atoms with E-state index < -0.39 is 17.5 Å². The first-order valence-corrected chi connectivity index (χ1v) is 47.0. The minimum absolute atomic E-state index is 0.0222. The Bertz CT molecular complexity index is 6890. The van der Waals surface area contributed by atoms with Crippen LogP contribution in [0.4, 0.5) is 49.9 Å². The second-order valence-electron chi connectivity index (χ2n) is 36.0. The van der Waals surface area contributed by atoms with E-state index in [9.17, 15) is 19.9 Å². The van der Waals surface area contributed by atoms with Gasteiger partial charge >= 0.3 is 0 Å². The van der Waals surface area contributed by atoms with Gasteiger partial charge in [-0.05, 0) is 133 Å². The second kappa shape index (κ2) is 46.6. The molecular weight excluding hydrogens is 1790 g/mol. The molecule has 0 radical (unpaired) electrons. The van der Waals surface area contributed by atoms with Crippen molar-refractivity contribution in [2.75, 3.05) is 154 Å². The Morgan fingerprint density at radius 3 is 1.21 bits per heavy atom. The topological polar surface area (TPSA) is 344 Å². The van der Waals surface area contributed by atoms with Crippen LogP contribution in [0.5, 0.6) is 40.2 Å². The molecule has 8 aromatic heterocycles. The molecule has 2 saturated heterocycles. The molecule has 2 aliphatic rings. The normalized spacial score (nSPS) is 13.5. The molecule has 0 spiro atoms. The molecule has 2 atom stereocenters. The van der Waals surface area contributed by atoms with E-state index in [1.54, 1.807) is 106 Å². The molecule has 0 aliphatic carbocycles. The number of anilines is 8. The third-order valence-corrected chi connectivity index (χ3v) is 23.8. The summed E-state index contributed by atoms with van der Waals surface area (Å²) < 4.78 is 66.1. The Labute approximate surface area is 820 Å². The number of halogens is 1. The molecule has 8 aromatic carbocycles. The molecule has 10 heterocycles. The number of nitriles is 1.